The summed E-state index contributed by atoms with van der Waals surface area (Å²) in [6.45, 7) is 0. The molecule has 1 N–H and O–H groups in total. The van der Waals surface area contributed by atoms with E-state index in [9.17, 15) is 5.02 Å². The van der Waals surface area contributed by atoms with Gasteiger partial charge in [0, 0.05) is 0 Å². The van der Waals surface area contributed by atoms with E-state index in [0.717, 1.165) is 0 Å². The third kappa shape index (κ3) is 5.05. The van der Waals surface area contributed by atoms with Crippen LogP contribution in [0.1, 0.15) is 0 Å². The van der Waals surface area contributed by atoms with Gasteiger partial charge in [0.1, 0.15) is 7.12 Å². The second-order valence-electron chi connectivity index (χ2n) is 2.53. The predicted octanol–water partition coefficient (Wildman–Crippen LogP) is -0.144. The summed E-state index contributed by atoms with van der Waals surface area (Å²) in [5.74, 6) is 0. The first-order chi connectivity index (χ1) is 6.30. The molecule has 0 unspecified atom stereocenters. The van der Waals surface area contributed by atoms with Crippen LogP contribution in [0.2, 0.25) is 0 Å². The fraction of sp³-hybridized carbons (Fsp3) is 0. The quantitative estimate of drug-likeness (QED) is 0.546. The zero-order chi connectivity index (χ0) is 9.52. The van der Waals surface area contributed by atoms with E-state index < -0.39 is 7.12 Å². The number of rotatable bonds is 1. The van der Waals surface area contributed by atoms with Crippen LogP contribution in [0.5, 0.6) is 0 Å². The Kier molecular flexibility index (Phi) is 7.16. The third-order valence-corrected chi connectivity index (χ3v) is 1.53. The summed E-state index contributed by atoms with van der Waals surface area (Å²) in [5.41, 5.74) is 0.435. The fourth-order valence-electron chi connectivity index (χ4n) is 0.874. The van der Waals surface area contributed by atoms with Gasteiger partial charge in [-0.2, -0.15) is 35.8 Å². The summed E-state index contributed by atoms with van der Waals surface area (Å²) in [5, 5.41) is 18.5. The van der Waals surface area contributed by atoms with Crippen LogP contribution in [0.4, 0.5) is 0 Å². The van der Waals surface area contributed by atoms with Gasteiger partial charge in [-0.05, 0) is 0 Å². The normalized spacial score (nSPS) is 8.14. The molecule has 0 aromatic heterocycles. The van der Waals surface area contributed by atoms with E-state index >= 15 is 0 Å². The molecular weight excluding hydrogens is 219 g/mol. The standard InChI is InChI=1S/C5H5BO2.C5H5.Fe/c7-6(8)5-3-1-2-4-5;1-2-4-5-3-1;/h1-4,7H;1-5H;/q-2;-1;+3. The molecule has 14 heavy (non-hydrogen) atoms. The Bertz CT molecular complexity index is 273. The Morgan fingerprint density at radius 3 is 1.79 bits per heavy atom. The zero-order valence-electron chi connectivity index (χ0n) is 7.48. The van der Waals surface area contributed by atoms with Crippen LogP contribution in [0, 0.1) is 0 Å². The molecule has 0 aliphatic carbocycles. The molecule has 2 rings (SSSR count). The molecule has 1 radical (unpaired) electrons. The van der Waals surface area contributed by atoms with Crippen molar-refractivity contribution in [3.63, 3.8) is 0 Å². The van der Waals surface area contributed by atoms with Crippen molar-refractivity contribution in [2.75, 3.05) is 0 Å². The Morgan fingerprint density at radius 2 is 1.57 bits per heavy atom. The van der Waals surface area contributed by atoms with Crippen molar-refractivity contribution in [2.45, 2.75) is 0 Å². The minimum atomic E-state index is -1.56. The molecule has 4 heteroatoms. The maximum Gasteiger partial charge on any atom is 3.00 e. The van der Waals surface area contributed by atoms with Crippen LogP contribution < -0.4 is 10.5 Å². The Labute approximate surface area is 94.6 Å². The first-order valence-corrected chi connectivity index (χ1v) is 4.03. The Balaban J connectivity index is 0.000000246. The average Bonchev–Trinajstić information content (AvgIpc) is 2.82. The summed E-state index contributed by atoms with van der Waals surface area (Å²) in [6.07, 6.45) is 0. The SMILES string of the molecule is [Fe+3].[O-]B(O)[c-]1cccc1.c1cc[cH-]c1. The van der Waals surface area contributed by atoms with Gasteiger partial charge >= 0.3 is 17.1 Å². The van der Waals surface area contributed by atoms with Crippen molar-refractivity contribution in [1.82, 2.24) is 0 Å². The largest absolute Gasteiger partial charge is 3.00 e. The topological polar surface area (TPSA) is 43.3 Å². The predicted molar refractivity (Wildman–Crippen MR) is 51.7 cm³/mol. The van der Waals surface area contributed by atoms with Gasteiger partial charge in [-0.25, -0.2) is 24.3 Å². The first-order valence-electron chi connectivity index (χ1n) is 4.03. The van der Waals surface area contributed by atoms with Crippen molar-refractivity contribution in [2.24, 2.45) is 0 Å². The number of hydrogen-bond donors (Lipinski definition) is 1. The van der Waals surface area contributed by atoms with Gasteiger partial charge in [0.25, 0.3) is 0 Å². The summed E-state index contributed by atoms with van der Waals surface area (Å²) in [6, 6.07) is 16.6. The molecule has 0 fully saturated rings. The van der Waals surface area contributed by atoms with Gasteiger partial charge in [0.2, 0.25) is 0 Å². The van der Waals surface area contributed by atoms with Gasteiger partial charge in [0.15, 0.2) is 0 Å². The monoisotopic (exact) mass is 229 g/mol. The van der Waals surface area contributed by atoms with Crippen molar-refractivity contribution >= 4 is 12.6 Å². The van der Waals surface area contributed by atoms with E-state index in [1.807, 2.05) is 30.3 Å². The summed E-state index contributed by atoms with van der Waals surface area (Å²) >= 11 is 0. The molecule has 0 bridgehead atoms. The van der Waals surface area contributed by atoms with E-state index in [2.05, 4.69) is 0 Å². The third-order valence-electron chi connectivity index (χ3n) is 1.53. The smallest absolute Gasteiger partial charge is 0.863 e. The number of hydrogen-bond acceptors (Lipinski definition) is 2. The summed E-state index contributed by atoms with van der Waals surface area (Å²) in [4.78, 5) is 0. The van der Waals surface area contributed by atoms with Gasteiger partial charge in [-0.1, -0.05) is 0 Å². The van der Waals surface area contributed by atoms with Gasteiger partial charge < -0.3 is 10.0 Å². The second-order valence-corrected chi connectivity index (χ2v) is 2.53. The zero-order valence-corrected chi connectivity index (χ0v) is 8.59. The van der Waals surface area contributed by atoms with E-state index in [1.54, 1.807) is 24.3 Å². The van der Waals surface area contributed by atoms with Crippen LogP contribution in [0.3, 0.4) is 0 Å². The fourth-order valence-corrected chi connectivity index (χ4v) is 0.874. The second kappa shape index (κ2) is 7.59. The average molecular weight is 229 g/mol. The molecule has 0 aliphatic heterocycles. The molecule has 0 saturated carbocycles. The molecule has 2 aromatic rings. The first kappa shape index (κ1) is 13.2. The van der Waals surface area contributed by atoms with E-state index in [4.69, 9.17) is 5.02 Å². The van der Waals surface area contributed by atoms with E-state index in [1.165, 1.54) is 0 Å². The van der Waals surface area contributed by atoms with Crippen LogP contribution in [0.15, 0.2) is 54.6 Å². The van der Waals surface area contributed by atoms with Crippen LogP contribution in [-0.2, 0) is 17.1 Å². The van der Waals surface area contributed by atoms with Crippen molar-refractivity contribution in [1.29, 1.82) is 0 Å². The molecule has 0 spiro atoms. The molecule has 0 aliphatic rings. The minimum Gasteiger partial charge on any atom is -0.863 e. The molecule has 0 atom stereocenters. The molecular formula is C10H10BFeO2. The van der Waals surface area contributed by atoms with Gasteiger partial charge in [0.05, 0.1) is 0 Å². The van der Waals surface area contributed by atoms with Crippen molar-refractivity contribution < 1.29 is 27.1 Å². The van der Waals surface area contributed by atoms with Crippen LogP contribution in [0.25, 0.3) is 0 Å². The van der Waals surface area contributed by atoms with Crippen molar-refractivity contribution in [3.8, 4) is 0 Å². The molecule has 73 valence electrons. The molecule has 0 heterocycles. The minimum absolute atomic E-state index is 0. The molecule has 0 amide bonds. The maximum absolute atomic E-state index is 10.1. The summed E-state index contributed by atoms with van der Waals surface area (Å²) in [7, 11) is -1.56. The van der Waals surface area contributed by atoms with Crippen LogP contribution >= 0.6 is 0 Å². The Morgan fingerprint density at radius 1 is 1.07 bits per heavy atom. The summed E-state index contributed by atoms with van der Waals surface area (Å²) < 4.78 is 0. The van der Waals surface area contributed by atoms with Gasteiger partial charge in [-0.3, -0.25) is 0 Å². The Hall–Kier alpha value is -0.796. The molecule has 0 saturated heterocycles. The van der Waals surface area contributed by atoms with E-state index in [-0.39, 0.29) is 17.1 Å². The maximum atomic E-state index is 10.1. The van der Waals surface area contributed by atoms with Crippen LogP contribution in [-0.4, -0.2) is 12.1 Å². The van der Waals surface area contributed by atoms with Gasteiger partial charge in [-0.15, -0.1) is 0 Å². The molecule has 2 nitrogen and oxygen atoms in total. The van der Waals surface area contributed by atoms with Crippen molar-refractivity contribution in [3.05, 3.63) is 54.6 Å². The molecule has 2 aromatic carbocycles. The van der Waals surface area contributed by atoms with E-state index in [0.29, 0.717) is 5.46 Å².